The first-order valence-electron chi connectivity index (χ1n) is 7.93. The standard InChI is InChI=1S/C18H18BrNO8S/c1-25-14-8-11(17(21)27-3)13(9-15(14)26-2)20-29(23,24)16-6-5-10(19)7-12(16)18(22)28-4/h5-9,20H,1-4H3. The molecule has 0 aromatic heterocycles. The van der Waals surface area contributed by atoms with Gasteiger partial charge in [-0.05, 0) is 18.2 Å². The van der Waals surface area contributed by atoms with Gasteiger partial charge in [-0.15, -0.1) is 0 Å². The number of anilines is 1. The van der Waals surface area contributed by atoms with Crippen molar-refractivity contribution in [3.05, 3.63) is 45.9 Å². The summed E-state index contributed by atoms with van der Waals surface area (Å²) in [6, 6.07) is 6.56. The van der Waals surface area contributed by atoms with Gasteiger partial charge in [0.2, 0.25) is 0 Å². The molecule has 0 aliphatic rings. The first-order valence-corrected chi connectivity index (χ1v) is 10.2. The molecule has 2 aromatic rings. The Hall–Kier alpha value is -2.79. The van der Waals surface area contributed by atoms with Crippen molar-refractivity contribution in [1.82, 2.24) is 0 Å². The maximum absolute atomic E-state index is 13.0. The van der Waals surface area contributed by atoms with Crippen LogP contribution in [0.1, 0.15) is 20.7 Å². The Labute approximate surface area is 176 Å². The lowest BCUT2D eigenvalue weighted by Gasteiger charge is -2.16. The van der Waals surface area contributed by atoms with E-state index in [1.54, 1.807) is 0 Å². The number of hydrogen-bond donors (Lipinski definition) is 1. The Morgan fingerprint density at radius 2 is 1.41 bits per heavy atom. The molecule has 0 heterocycles. The number of sulfonamides is 1. The van der Waals surface area contributed by atoms with Gasteiger partial charge in [0.25, 0.3) is 10.0 Å². The Morgan fingerprint density at radius 1 is 0.862 bits per heavy atom. The average Bonchev–Trinajstić information content (AvgIpc) is 2.71. The third-order valence-corrected chi connectivity index (χ3v) is 5.73. The molecule has 0 saturated heterocycles. The first-order chi connectivity index (χ1) is 13.7. The summed E-state index contributed by atoms with van der Waals surface area (Å²) in [5.41, 5.74) is -0.409. The van der Waals surface area contributed by atoms with Gasteiger partial charge in [-0.1, -0.05) is 15.9 Å². The largest absolute Gasteiger partial charge is 0.493 e. The van der Waals surface area contributed by atoms with Gasteiger partial charge in [-0.25, -0.2) is 18.0 Å². The number of carbonyl (C=O) groups is 2. The summed E-state index contributed by atoms with van der Waals surface area (Å²) in [6.07, 6.45) is 0. The molecule has 29 heavy (non-hydrogen) atoms. The molecule has 0 atom stereocenters. The number of carbonyl (C=O) groups excluding carboxylic acids is 2. The van der Waals surface area contributed by atoms with Crippen molar-refractivity contribution in [2.24, 2.45) is 0 Å². The number of esters is 2. The number of ether oxygens (including phenoxy) is 4. The number of benzene rings is 2. The highest BCUT2D eigenvalue weighted by molar-refractivity contribution is 9.10. The molecule has 2 aromatic carbocycles. The highest BCUT2D eigenvalue weighted by atomic mass is 79.9. The van der Waals surface area contributed by atoms with Gasteiger partial charge < -0.3 is 18.9 Å². The van der Waals surface area contributed by atoms with Crippen molar-refractivity contribution in [1.29, 1.82) is 0 Å². The van der Waals surface area contributed by atoms with Crippen LogP contribution in [-0.2, 0) is 19.5 Å². The van der Waals surface area contributed by atoms with Gasteiger partial charge >= 0.3 is 11.9 Å². The van der Waals surface area contributed by atoms with E-state index in [1.165, 1.54) is 44.6 Å². The number of hydrogen-bond acceptors (Lipinski definition) is 8. The molecule has 0 radical (unpaired) electrons. The molecule has 0 saturated carbocycles. The molecule has 2 rings (SSSR count). The third-order valence-electron chi connectivity index (χ3n) is 3.81. The van der Waals surface area contributed by atoms with Crippen LogP contribution in [0.3, 0.4) is 0 Å². The summed E-state index contributed by atoms with van der Waals surface area (Å²) in [5, 5.41) is 0. The topological polar surface area (TPSA) is 117 Å². The molecular formula is C18H18BrNO8S. The van der Waals surface area contributed by atoms with E-state index >= 15 is 0 Å². The Kier molecular flexibility index (Phi) is 7.09. The van der Waals surface area contributed by atoms with Crippen LogP contribution in [0.4, 0.5) is 5.69 Å². The number of halogens is 1. The summed E-state index contributed by atoms with van der Waals surface area (Å²) in [5.74, 6) is -1.25. The summed E-state index contributed by atoms with van der Waals surface area (Å²) in [4.78, 5) is 23.9. The molecule has 0 fully saturated rings. The molecular weight excluding hydrogens is 470 g/mol. The van der Waals surface area contributed by atoms with E-state index in [1.807, 2.05) is 0 Å². The van der Waals surface area contributed by atoms with E-state index < -0.39 is 22.0 Å². The van der Waals surface area contributed by atoms with E-state index in [-0.39, 0.29) is 33.2 Å². The van der Waals surface area contributed by atoms with Gasteiger partial charge in [-0.3, -0.25) is 4.72 Å². The molecule has 156 valence electrons. The highest BCUT2D eigenvalue weighted by Gasteiger charge is 2.26. The number of rotatable bonds is 7. The molecule has 11 heteroatoms. The number of methoxy groups -OCH3 is 4. The highest BCUT2D eigenvalue weighted by Crippen LogP contribution is 2.35. The number of nitrogens with one attached hydrogen (secondary N) is 1. The van der Waals surface area contributed by atoms with Crippen molar-refractivity contribution in [2.75, 3.05) is 33.2 Å². The lowest BCUT2D eigenvalue weighted by molar-refractivity contribution is 0.0589. The lowest BCUT2D eigenvalue weighted by atomic mass is 10.1. The molecule has 9 nitrogen and oxygen atoms in total. The van der Waals surface area contributed by atoms with Crippen LogP contribution in [0.2, 0.25) is 0 Å². The van der Waals surface area contributed by atoms with Crippen molar-refractivity contribution in [3.8, 4) is 11.5 Å². The maximum Gasteiger partial charge on any atom is 0.340 e. The SMILES string of the molecule is COC(=O)c1cc(OC)c(OC)cc1NS(=O)(=O)c1ccc(Br)cc1C(=O)OC. The fourth-order valence-electron chi connectivity index (χ4n) is 2.45. The fraction of sp³-hybridized carbons (Fsp3) is 0.222. The van der Waals surface area contributed by atoms with Crippen LogP contribution < -0.4 is 14.2 Å². The second-order valence-electron chi connectivity index (χ2n) is 5.48. The van der Waals surface area contributed by atoms with Crippen molar-refractivity contribution in [2.45, 2.75) is 4.90 Å². The van der Waals surface area contributed by atoms with E-state index in [0.717, 1.165) is 14.2 Å². The summed E-state index contributed by atoms with van der Waals surface area (Å²) < 4.78 is 48.5. The molecule has 1 N–H and O–H groups in total. The second-order valence-corrected chi connectivity index (χ2v) is 8.05. The first kappa shape index (κ1) is 22.5. The van der Waals surface area contributed by atoms with Gasteiger partial charge in [0.1, 0.15) is 4.90 Å². The van der Waals surface area contributed by atoms with Gasteiger partial charge in [0, 0.05) is 16.6 Å². The van der Waals surface area contributed by atoms with Crippen molar-refractivity contribution >= 4 is 43.6 Å². The van der Waals surface area contributed by atoms with Crippen LogP contribution in [0, 0.1) is 0 Å². The zero-order valence-electron chi connectivity index (χ0n) is 15.9. The fourth-order valence-corrected chi connectivity index (χ4v) is 4.06. The van der Waals surface area contributed by atoms with E-state index in [9.17, 15) is 18.0 Å². The van der Waals surface area contributed by atoms with Crippen LogP contribution in [-0.4, -0.2) is 48.8 Å². The van der Waals surface area contributed by atoms with Gasteiger partial charge in [-0.2, -0.15) is 0 Å². The van der Waals surface area contributed by atoms with E-state index in [2.05, 4.69) is 25.4 Å². The molecule has 0 amide bonds. The smallest absolute Gasteiger partial charge is 0.340 e. The zero-order chi connectivity index (χ0) is 21.8. The van der Waals surface area contributed by atoms with Crippen LogP contribution in [0.15, 0.2) is 39.7 Å². The quantitative estimate of drug-likeness (QED) is 0.592. The summed E-state index contributed by atoms with van der Waals surface area (Å²) in [6.45, 7) is 0. The lowest BCUT2D eigenvalue weighted by Crippen LogP contribution is -2.19. The zero-order valence-corrected chi connectivity index (χ0v) is 18.3. The Bertz CT molecular complexity index is 1050. The minimum absolute atomic E-state index is 0.106. The monoisotopic (exact) mass is 487 g/mol. The normalized spacial score (nSPS) is 10.8. The van der Waals surface area contributed by atoms with Gasteiger partial charge in [0.05, 0.1) is 45.3 Å². The van der Waals surface area contributed by atoms with Crippen LogP contribution >= 0.6 is 15.9 Å². The van der Waals surface area contributed by atoms with Gasteiger partial charge in [0.15, 0.2) is 11.5 Å². The summed E-state index contributed by atoms with van der Waals surface area (Å²) in [7, 11) is 0.717. The second kappa shape index (κ2) is 9.14. The van der Waals surface area contributed by atoms with Crippen molar-refractivity contribution in [3.63, 3.8) is 0 Å². The minimum Gasteiger partial charge on any atom is -0.493 e. The van der Waals surface area contributed by atoms with Crippen LogP contribution in [0.5, 0.6) is 11.5 Å². The predicted molar refractivity (Wildman–Crippen MR) is 107 cm³/mol. The van der Waals surface area contributed by atoms with Crippen molar-refractivity contribution < 1.29 is 37.0 Å². The predicted octanol–water partition coefficient (Wildman–Crippen LogP) is 2.84. The van der Waals surface area contributed by atoms with E-state index in [4.69, 9.17) is 14.2 Å². The molecule has 0 unspecified atom stereocenters. The van der Waals surface area contributed by atoms with E-state index in [0.29, 0.717) is 4.47 Å². The van der Waals surface area contributed by atoms with Crippen LogP contribution in [0.25, 0.3) is 0 Å². The summed E-state index contributed by atoms with van der Waals surface area (Å²) >= 11 is 3.19. The molecule has 0 aliphatic heterocycles. The maximum atomic E-state index is 13.0. The average molecular weight is 488 g/mol. The Morgan fingerprint density at radius 3 is 1.97 bits per heavy atom. The molecule has 0 spiro atoms. The minimum atomic E-state index is -4.30. The Balaban J connectivity index is 2.64. The molecule has 0 bridgehead atoms. The molecule has 0 aliphatic carbocycles. The third kappa shape index (κ3) is 4.80.